The van der Waals surface area contributed by atoms with Gasteiger partial charge in [0, 0.05) is 11.8 Å². The molecule has 0 aliphatic rings. The predicted molar refractivity (Wildman–Crippen MR) is 49.2 cm³/mol. The largest absolute Gasteiger partial charge is 0.481 e. The number of pyridine rings is 1. The maximum absolute atomic E-state index is 8.91. The lowest BCUT2D eigenvalue weighted by Crippen LogP contribution is -2.00. The first-order valence-corrected chi connectivity index (χ1v) is 3.91. The Kier molecular flexibility index (Phi) is 3.30. The number of terminal acetylenes is 1. The monoisotopic (exact) mass is 177 g/mol. The molecule has 0 saturated carbocycles. The second-order valence-electron chi connectivity index (χ2n) is 2.53. The molecule has 0 aliphatic heterocycles. The predicted octanol–water partition coefficient (Wildman–Crippen LogP) is 0.894. The van der Waals surface area contributed by atoms with Gasteiger partial charge in [-0.15, -0.1) is 6.42 Å². The van der Waals surface area contributed by atoms with Crippen molar-refractivity contribution in [1.82, 2.24) is 4.98 Å². The Bertz CT molecular complexity index is 328. The van der Waals surface area contributed by atoms with Gasteiger partial charge in [-0.1, -0.05) is 5.92 Å². The molecule has 0 atom stereocenters. The van der Waals surface area contributed by atoms with Crippen LogP contribution in [0.1, 0.15) is 11.3 Å². The number of ether oxygens (including phenoxy) is 1. The molecule has 1 aromatic rings. The minimum atomic E-state index is -0.0842. The van der Waals surface area contributed by atoms with E-state index in [0.717, 1.165) is 5.56 Å². The molecule has 13 heavy (non-hydrogen) atoms. The number of aliphatic hydroxyl groups is 1. The quantitative estimate of drug-likeness (QED) is 0.697. The third-order valence-electron chi connectivity index (χ3n) is 1.72. The standard InChI is InChI=1S/C10H11NO2/c1-3-6-13-10-4-5-11-9(7-12)8(10)2/h1,4-5,12H,6-7H2,2H3. The van der Waals surface area contributed by atoms with E-state index in [1.54, 1.807) is 12.3 Å². The zero-order valence-corrected chi connectivity index (χ0v) is 7.45. The highest BCUT2D eigenvalue weighted by molar-refractivity contribution is 5.34. The van der Waals surface area contributed by atoms with Gasteiger partial charge in [-0.3, -0.25) is 4.98 Å². The molecule has 68 valence electrons. The number of hydrogen-bond acceptors (Lipinski definition) is 3. The van der Waals surface area contributed by atoms with Crippen LogP contribution in [0, 0.1) is 19.3 Å². The highest BCUT2D eigenvalue weighted by Gasteiger charge is 2.04. The van der Waals surface area contributed by atoms with Gasteiger partial charge in [0.2, 0.25) is 0 Å². The lowest BCUT2D eigenvalue weighted by molar-refractivity contribution is 0.274. The van der Waals surface area contributed by atoms with Gasteiger partial charge >= 0.3 is 0 Å². The summed E-state index contributed by atoms with van der Waals surface area (Å²) in [5, 5.41) is 8.91. The first-order valence-electron chi connectivity index (χ1n) is 3.91. The minimum Gasteiger partial charge on any atom is -0.481 e. The molecule has 0 amide bonds. The highest BCUT2D eigenvalue weighted by atomic mass is 16.5. The summed E-state index contributed by atoms with van der Waals surface area (Å²) in [4.78, 5) is 3.98. The summed E-state index contributed by atoms with van der Waals surface area (Å²) in [7, 11) is 0. The van der Waals surface area contributed by atoms with E-state index < -0.39 is 0 Å². The molecule has 3 nitrogen and oxygen atoms in total. The van der Waals surface area contributed by atoms with Gasteiger partial charge in [-0.05, 0) is 13.0 Å². The Morgan fingerprint density at radius 1 is 1.69 bits per heavy atom. The third kappa shape index (κ3) is 2.20. The van der Waals surface area contributed by atoms with Gasteiger partial charge in [0.15, 0.2) is 0 Å². The zero-order valence-electron chi connectivity index (χ0n) is 7.45. The Hall–Kier alpha value is -1.53. The van der Waals surface area contributed by atoms with Crippen molar-refractivity contribution in [2.24, 2.45) is 0 Å². The number of aliphatic hydroxyl groups excluding tert-OH is 1. The van der Waals surface area contributed by atoms with Crippen LogP contribution in [0.2, 0.25) is 0 Å². The molecule has 3 heteroatoms. The van der Waals surface area contributed by atoms with E-state index >= 15 is 0 Å². The van der Waals surface area contributed by atoms with Crippen LogP contribution >= 0.6 is 0 Å². The molecule has 0 bridgehead atoms. The lowest BCUT2D eigenvalue weighted by atomic mass is 10.2. The topological polar surface area (TPSA) is 42.4 Å². The molecule has 0 unspecified atom stereocenters. The zero-order chi connectivity index (χ0) is 9.68. The fourth-order valence-electron chi connectivity index (χ4n) is 0.994. The Morgan fingerprint density at radius 2 is 2.46 bits per heavy atom. The molecule has 0 radical (unpaired) electrons. The van der Waals surface area contributed by atoms with Gasteiger partial charge in [-0.25, -0.2) is 0 Å². The molecule has 0 fully saturated rings. The van der Waals surface area contributed by atoms with E-state index in [4.69, 9.17) is 16.3 Å². The van der Waals surface area contributed by atoms with Crippen LogP contribution in [0.25, 0.3) is 0 Å². The summed E-state index contributed by atoms with van der Waals surface area (Å²) >= 11 is 0. The molecule has 0 saturated heterocycles. The maximum atomic E-state index is 8.91. The van der Waals surface area contributed by atoms with Crippen LogP contribution in [0.5, 0.6) is 5.75 Å². The Morgan fingerprint density at radius 3 is 3.08 bits per heavy atom. The van der Waals surface area contributed by atoms with Crippen LogP contribution in [-0.2, 0) is 6.61 Å². The van der Waals surface area contributed by atoms with Gasteiger partial charge in [-0.2, -0.15) is 0 Å². The fraction of sp³-hybridized carbons (Fsp3) is 0.300. The van der Waals surface area contributed by atoms with Crippen molar-refractivity contribution in [1.29, 1.82) is 0 Å². The number of rotatable bonds is 3. The van der Waals surface area contributed by atoms with Crippen molar-refractivity contribution in [2.75, 3.05) is 6.61 Å². The van der Waals surface area contributed by atoms with E-state index in [1.165, 1.54) is 0 Å². The highest BCUT2D eigenvalue weighted by Crippen LogP contribution is 2.18. The van der Waals surface area contributed by atoms with Crippen molar-refractivity contribution in [3.05, 3.63) is 23.5 Å². The van der Waals surface area contributed by atoms with E-state index in [2.05, 4.69) is 10.9 Å². The van der Waals surface area contributed by atoms with E-state index in [9.17, 15) is 0 Å². The maximum Gasteiger partial charge on any atom is 0.148 e. The van der Waals surface area contributed by atoms with Crippen LogP contribution in [0.15, 0.2) is 12.3 Å². The average molecular weight is 177 g/mol. The smallest absolute Gasteiger partial charge is 0.148 e. The van der Waals surface area contributed by atoms with Gasteiger partial charge in [0.1, 0.15) is 12.4 Å². The van der Waals surface area contributed by atoms with E-state index in [-0.39, 0.29) is 13.2 Å². The molecule has 1 aromatic heterocycles. The number of nitrogens with zero attached hydrogens (tertiary/aromatic N) is 1. The first kappa shape index (κ1) is 9.56. The molecule has 1 heterocycles. The van der Waals surface area contributed by atoms with E-state index in [1.807, 2.05) is 6.92 Å². The Balaban J connectivity index is 2.89. The summed E-state index contributed by atoms with van der Waals surface area (Å²) in [6.07, 6.45) is 6.64. The summed E-state index contributed by atoms with van der Waals surface area (Å²) in [5.41, 5.74) is 1.45. The van der Waals surface area contributed by atoms with Crippen LogP contribution < -0.4 is 4.74 Å². The molecular weight excluding hydrogens is 166 g/mol. The van der Waals surface area contributed by atoms with Crippen LogP contribution in [-0.4, -0.2) is 16.7 Å². The second-order valence-corrected chi connectivity index (χ2v) is 2.53. The van der Waals surface area contributed by atoms with Crippen LogP contribution in [0.4, 0.5) is 0 Å². The molecule has 0 aromatic carbocycles. The molecule has 0 aliphatic carbocycles. The minimum absolute atomic E-state index is 0.0842. The second kappa shape index (κ2) is 4.48. The van der Waals surface area contributed by atoms with Crippen LogP contribution in [0.3, 0.4) is 0 Å². The molecule has 0 spiro atoms. The third-order valence-corrected chi connectivity index (χ3v) is 1.72. The SMILES string of the molecule is C#CCOc1ccnc(CO)c1C. The molecule has 1 N–H and O–H groups in total. The normalized spacial score (nSPS) is 9.31. The molecule has 1 rings (SSSR count). The fourth-order valence-corrected chi connectivity index (χ4v) is 0.994. The van der Waals surface area contributed by atoms with Crippen molar-refractivity contribution in [3.63, 3.8) is 0 Å². The summed E-state index contributed by atoms with van der Waals surface area (Å²) < 4.78 is 5.24. The Labute approximate surface area is 77.4 Å². The van der Waals surface area contributed by atoms with Crippen molar-refractivity contribution in [2.45, 2.75) is 13.5 Å². The van der Waals surface area contributed by atoms with Crippen molar-refractivity contribution >= 4 is 0 Å². The summed E-state index contributed by atoms with van der Waals surface area (Å²) in [5.74, 6) is 3.05. The summed E-state index contributed by atoms with van der Waals surface area (Å²) in [6.45, 7) is 1.99. The average Bonchev–Trinajstić information content (AvgIpc) is 2.16. The van der Waals surface area contributed by atoms with Gasteiger partial charge in [0.05, 0.1) is 12.3 Å². The lowest BCUT2D eigenvalue weighted by Gasteiger charge is -2.08. The number of hydrogen-bond donors (Lipinski definition) is 1. The van der Waals surface area contributed by atoms with Crippen molar-refractivity contribution in [3.8, 4) is 18.1 Å². The van der Waals surface area contributed by atoms with Gasteiger partial charge in [0.25, 0.3) is 0 Å². The van der Waals surface area contributed by atoms with E-state index in [0.29, 0.717) is 11.4 Å². The first-order chi connectivity index (χ1) is 6.29. The molecular formula is C10H11NO2. The van der Waals surface area contributed by atoms with Crippen molar-refractivity contribution < 1.29 is 9.84 Å². The summed E-state index contributed by atoms with van der Waals surface area (Å²) in [6, 6.07) is 1.73. The van der Waals surface area contributed by atoms with Gasteiger partial charge < -0.3 is 9.84 Å². The number of aromatic nitrogens is 1.